The van der Waals surface area contributed by atoms with Crippen LogP contribution < -0.4 is 5.32 Å². The molecule has 2 rings (SSSR count). The van der Waals surface area contributed by atoms with Gasteiger partial charge in [-0.25, -0.2) is 0 Å². The van der Waals surface area contributed by atoms with E-state index in [0.29, 0.717) is 12.1 Å². The number of nitrogens with one attached hydrogen (secondary N) is 1. The molecule has 1 aliphatic rings. The Balaban J connectivity index is 1.87. The van der Waals surface area contributed by atoms with Crippen molar-refractivity contribution >= 4 is 0 Å². The normalized spacial score (nSPS) is 19.7. The second-order valence-electron chi connectivity index (χ2n) is 5.24. The van der Waals surface area contributed by atoms with E-state index >= 15 is 0 Å². The number of furan rings is 1. The zero-order chi connectivity index (χ0) is 13.5. The number of nitrogens with zero attached hydrogens (tertiary/aromatic N) is 1. The molecule has 2 unspecified atom stereocenters. The van der Waals surface area contributed by atoms with Crippen LogP contribution in [0, 0.1) is 0 Å². The quantitative estimate of drug-likeness (QED) is 0.784. The molecule has 2 heterocycles. The minimum Gasteiger partial charge on any atom is -0.468 e. The Morgan fingerprint density at radius 2 is 2.21 bits per heavy atom. The summed E-state index contributed by atoms with van der Waals surface area (Å²) in [5.41, 5.74) is 0. The molecule has 0 aliphatic carbocycles. The monoisotopic (exact) mass is 266 g/mol. The van der Waals surface area contributed by atoms with Crippen LogP contribution in [0.3, 0.4) is 0 Å². The van der Waals surface area contributed by atoms with Crippen molar-refractivity contribution in [1.29, 1.82) is 0 Å². The fourth-order valence-electron chi connectivity index (χ4n) is 2.61. The smallest absolute Gasteiger partial charge is 0.122 e. The highest BCUT2D eigenvalue weighted by molar-refractivity contribution is 5.06. The fraction of sp³-hybridized carbons (Fsp3) is 0.733. The van der Waals surface area contributed by atoms with Crippen LogP contribution in [-0.4, -0.2) is 43.8 Å². The van der Waals surface area contributed by atoms with Crippen LogP contribution in [0.2, 0.25) is 0 Å². The van der Waals surface area contributed by atoms with Gasteiger partial charge in [-0.05, 0) is 51.9 Å². The molecule has 4 heteroatoms. The number of hydrogen-bond donors (Lipinski definition) is 1. The molecule has 0 saturated carbocycles. The van der Waals surface area contributed by atoms with Crippen LogP contribution >= 0.6 is 0 Å². The minimum absolute atomic E-state index is 0.349. The molecule has 4 nitrogen and oxygen atoms in total. The Hall–Kier alpha value is -0.840. The second-order valence-corrected chi connectivity index (χ2v) is 5.24. The van der Waals surface area contributed by atoms with Gasteiger partial charge in [0.1, 0.15) is 5.76 Å². The average Bonchev–Trinajstić information content (AvgIpc) is 3.09. The van der Waals surface area contributed by atoms with Crippen molar-refractivity contribution < 1.29 is 9.15 Å². The first-order chi connectivity index (χ1) is 9.31. The lowest BCUT2D eigenvalue weighted by Crippen LogP contribution is -2.39. The summed E-state index contributed by atoms with van der Waals surface area (Å²) in [6.45, 7) is 9.00. The topological polar surface area (TPSA) is 37.6 Å². The van der Waals surface area contributed by atoms with Gasteiger partial charge in [0.05, 0.1) is 18.9 Å². The fourth-order valence-corrected chi connectivity index (χ4v) is 2.61. The van der Waals surface area contributed by atoms with Crippen LogP contribution in [0.5, 0.6) is 0 Å². The largest absolute Gasteiger partial charge is 0.468 e. The summed E-state index contributed by atoms with van der Waals surface area (Å²) < 4.78 is 11.1. The van der Waals surface area contributed by atoms with Crippen LogP contribution in [0.15, 0.2) is 22.8 Å². The van der Waals surface area contributed by atoms with Gasteiger partial charge in [-0.3, -0.25) is 4.90 Å². The highest BCUT2D eigenvalue weighted by atomic mass is 16.5. The summed E-state index contributed by atoms with van der Waals surface area (Å²) in [5.74, 6) is 1.07. The Morgan fingerprint density at radius 3 is 2.84 bits per heavy atom. The van der Waals surface area contributed by atoms with Crippen LogP contribution in [-0.2, 0) is 4.74 Å². The highest BCUT2D eigenvalue weighted by Crippen LogP contribution is 2.24. The molecule has 108 valence electrons. The van der Waals surface area contributed by atoms with Crippen molar-refractivity contribution in [3.63, 3.8) is 0 Å². The first kappa shape index (κ1) is 14.6. The molecule has 0 amide bonds. The van der Waals surface area contributed by atoms with Gasteiger partial charge in [-0.1, -0.05) is 0 Å². The second kappa shape index (κ2) is 7.68. The number of ether oxygens (including phenoxy) is 1. The van der Waals surface area contributed by atoms with Gasteiger partial charge in [0.25, 0.3) is 0 Å². The Morgan fingerprint density at radius 1 is 1.42 bits per heavy atom. The number of hydrogen-bond acceptors (Lipinski definition) is 4. The number of likely N-dealkylation sites (tertiary alicyclic amines) is 1. The third-order valence-electron chi connectivity index (χ3n) is 3.68. The third-order valence-corrected chi connectivity index (χ3v) is 3.68. The van der Waals surface area contributed by atoms with Crippen LogP contribution in [0.25, 0.3) is 0 Å². The van der Waals surface area contributed by atoms with E-state index in [1.807, 2.05) is 13.0 Å². The molecule has 19 heavy (non-hydrogen) atoms. The summed E-state index contributed by atoms with van der Waals surface area (Å²) >= 11 is 0. The van der Waals surface area contributed by atoms with Crippen LogP contribution in [0.1, 0.15) is 38.5 Å². The Labute approximate surface area is 116 Å². The molecular weight excluding hydrogens is 240 g/mol. The predicted octanol–water partition coefficient (Wildman–Crippen LogP) is 2.43. The van der Waals surface area contributed by atoms with E-state index in [-0.39, 0.29) is 0 Å². The summed E-state index contributed by atoms with van der Waals surface area (Å²) in [6.07, 6.45) is 4.36. The predicted molar refractivity (Wildman–Crippen MR) is 76.2 cm³/mol. The molecular formula is C15H26N2O2. The SMILES string of the molecule is CCOCC(C)NCC(c1ccco1)N1CCCC1. The summed E-state index contributed by atoms with van der Waals surface area (Å²) in [5, 5.41) is 3.56. The van der Waals surface area contributed by atoms with E-state index in [1.54, 1.807) is 6.26 Å². The molecule has 1 N–H and O–H groups in total. The Kier molecular flexibility index (Phi) is 5.89. The lowest BCUT2D eigenvalue weighted by Gasteiger charge is -2.27. The van der Waals surface area contributed by atoms with Crippen molar-refractivity contribution in [2.75, 3.05) is 32.8 Å². The average molecular weight is 266 g/mol. The van der Waals surface area contributed by atoms with E-state index in [9.17, 15) is 0 Å². The minimum atomic E-state index is 0.349. The van der Waals surface area contributed by atoms with Gasteiger partial charge in [0.2, 0.25) is 0 Å². The van der Waals surface area contributed by atoms with Gasteiger partial charge in [0.15, 0.2) is 0 Å². The summed E-state index contributed by atoms with van der Waals surface area (Å²) in [6, 6.07) is 4.78. The van der Waals surface area contributed by atoms with E-state index in [2.05, 4.69) is 23.2 Å². The lowest BCUT2D eigenvalue weighted by atomic mass is 10.2. The van der Waals surface area contributed by atoms with Gasteiger partial charge in [-0.2, -0.15) is 0 Å². The molecule has 2 atom stereocenters. The molecule has 0 radical (unpaired) electrons. The van der Waals surface area contributed by atoms with Gasteiger partial charge >= 0.3 is 0 Å². The van der Waals surface area contributed by atoms with E-state index in [4.69, 9.17) is 9.15 Å². The van der Waals surface area contributed by atoms with Crippen molar-refractivity contribution in [2.45, 2.75) is 38.8 Å². The van der Waals surface area contributed by atoms with Gasteiger partial charge in [-0.15, -0.1) is 0 Å². The Bertz CT molecular complexity index is 334. The maximum Gasteiger partial charge on any atom is 0.122 e. The lowest BCUT2D eigenvalue weighted by molar-refractivity contribution is 0.121. The van der Waals surface area contributed by atoms with Crippen molar-refractivity contribution in [3.8, 4) is 0 Å². The summed E-state index contributed by atoms with van der Waals surface area (Å²) in [7, 11) is 0. The standard InChI is InChI=1S/C15H26N2O2/c1-3-18-12-13(2)16-11-14(15-7-6-10-19-15)17-8-4-5-9-17/h6-7,10,13-14,16H,3-5,8-9,11-12H2,1-2H3. The molecule has 0 spiro atoms. The van der Waals surface area contributed by atoms with E-state index in [0.717, 1.165) is 25.5 Å². The first-order valence-electron chi connectivity index (χ1n) is 7.40. The zero-order valence-corrected chi connectivity index (χ0v) is 12.1. The van der Waals surface area contributed by atoms with E-state index < -0.39 is 0 Å². The van der Waals surface area contributed by atoms with Gasteiger partial charge < -0.3 is 14.5 Å². The zero-order valence-electron chi connectivity index (χ0n) is 12.1. The van der Waals surface area contributed by atoms with Crippen molar-refractivity contribution in [3.05, 3.63) is 24.2 Å². The van der Waals surface area contributed by atoms with Gasteiger partial charge in [0, 0.05) is 19.2 Å². The molecule has 1 aromatic heterocycles. The van der Waals surface area contributed by atoms with Crippen LogP contribution in [0.4, 0.5) is 0 Å². The molecule has 1 aromatic rings. The third kappa shape index (κ3) is 4.34. The number of rotatable bonds is 8. The van der Waals surface area contributed by atoms with Crippen molar-refractivity contribution in [1.82, 2.24) is 10.2 Å². The maximum absolute atomic E-state index is 5.61. The summed E-state index contributed by atoms with van der Waals surface area (Å²) in [4.78, 5) is 2.51. The van der Waals surface area contributed by atoms with E-state index in [1.165, 1.54) is 25.9 Å². The molecule has 1 fully saturated rings. The van der Waals surface area contributed by atoms with Crippen molar-refractivity contribution in [2.24, 2.45) is 0 Å². The molecule has 1 aliphatic heterocycles. The molecule has 1 saturated heterocycles. The molecule has 0 aromatic carbocycles. The molecule has 0 bridgehead atoms. The first-order valence-corrected chi connectivity index (χ1v) is 7.40. The maximum atomic E-state index is 5.61. The highest BCUT2D eigenvalue weighted by Gasteiger charge is 2.25.